The number of nitrogens with zero attached hydrogens (tertiary/aromatic N) is 1. The summed E-state index contributed by atoms with van der Waals surface area (Å²) in [4.78, 5) is 13.9. The van der Waals surface area contributed by atoms with Crippen LogP contribution < -0.4 is 5.32 Å². The third kappa shape index (κ3) is 4.52. The Kier molecular flexibility index (Phi) is 6.46. The molecule has 3 nitrogen and oxygen atoms in total. The van der Waals surface area contributed by atoms with E-state index in [0.717, 1.165) is 13.0 Å². The molecule has 0 aliphatic heterocycles. The Morgan fingerprint density at radius 1 is 1.25 bits per heavy atom. The monoisotopic (exact) mass is 226 g/mol. The summed E-state index contributed by atoms with van der Waals surface area (Å²) >= 11 is 0. The zero-order chi connectivity index (χ0) is 11.8. The highest BCUT2D eigenvalue weighted by atomic mass is 16.2. The minimum absolute atomic E-state index is 0.321. The molecule has 1 rings (SSSR count). The van der Waals surface area contributed by atoms with Crippen LogP contribution in [0, 0.1) is 0 Å². The van der Waals surface area contributed by atoms with Crippen molar-refractivity contribution in [1.29, 1.82) is 0 Å². The van der Waals surface area contributed by atoms with Crippen LogP contribution in [0.5, 0.6) is 0 Å². The van der Waals surface area contributed by atoms with Gasteiger partial charge in [-0.25, -0.2) is 0 Å². The van der Waals surface area contributed by atoms with E-state index >= 15 is 0 Å². The van der Waals surface area contributed by atoms with Crippen molar-refractivity contribution in [3.63, 3.8) is 0 Å². The second-order valence-electron chi connectivity index (χ2n) is 4.86. The van der Waals surface area contributed by atoms with E-state index in [4.69, 9.17) is 0 Å². The molecule has 1 aliphatic rings. The molecule has 0 saturated heterocycles. The van der Waals surface area contributed by atoms with E-state index in [2.05, 4.69) is 5.32 Å². The molecule has 1 saturated carbocycles. The van der Waals surface area contributed by atoms with Crippen LogP contribution in [-0.4, -0.2) is 37.5 Å². The van der Waals surface area contributed by atoms with Crippen LogP contribution in [-0.2, 0) is 4.79 Å². The maximum atomic E-state index is 11.9. The van der Waals surface area contributed by atoms with Crippen molar-refractivity contribution in [3.8, 4) is 0 Å². The normalized spacial score (nSPS) is 18.1. The van der Waals surface area contributed by atoms with Gasteiger partial charge in [0, 0.05) is 19.5 Å². The molecule has 1 aliphatic carbocycles. The van der Waals surface area contributed by atoms with Gasteiger partial charge in [-0.15, -0.1) is 0 Å². The average Bonchev–Trinajstić information content (AvgIpc) is 2.56. The van der Waals surface area contributed by atoms with Gasteiger partial charge in [0.2, 0.25) is 5.91 Å². The number of carbonyl (C=O) groups excluding carboxylic acids is 1. The maximum absolute atomic E-state index is 11.9. The highest BCUT2D eigenvalue weighted by Gasteiger charge is 2.20. The van der Waals surface area contributed by atoms with E-state index in [-0.39, 0.29) is 0 Å². The Balaban J connectivity index is 2.30. The SMILES string of the molecule is CNCCCC(=O)N(C)C1CCCCCC1. The molecule has 0 unspecified atom stereocenters. The standard InChI is InChI=1S/C13H26N2O/c1-14-11-7-10-13(16)15(2)12-8-5-3-4-6-9-12/h12,14H,3-11H2,1-2H3. The Hall–Kier alpha value is -0.570. The second-order valence-corrected chi connectivity index (χ2v) is 4.86. The molecule has 0 atom stereocenters. The molecule has 1 amide bonds. The summed E-state index contributed by atoms with van der Waals surface area (Å²) in [6, 6.07) is 0.504. The fourth-order valence-corrected chi connectivity index (χ4v) is 2.44. The lowest BCUT2D eigenvalue weighted by atomic mass is 10.1. The lowest BCUT2D eigenvalue weighted by Crippen LogP contribution is -2.36. The smallest absolute Gasteiger partial charge is 0.222 e. The van der Waals surface area contributed by atoms with E-state index in [9.17, 15) is 4.79 Å². The quantitative estimate of drug-likeness (QED) is 0.575. The molecule has 0 aromatic carbocycles. The summed E-state index contributed by atoms with van der Waals surface area (Å²) in [5.41, 5.74) is 0. The first-order valence-electron chi connectivity index (χ1n) is 6.66. The number of rotatable bonds is 5. The molecule has 1 fully saturated rings. The van der Waals surface area contributed by atoms with Crippen molar-refractivity contribution < 1.29 is 4.79 Å². The van der Waals surface area contributed by atoms with Gasteiger partial charge in [0.1, 0.15) is 0 Å². The summed E-state index contributed by atoms with van der Waals surface area (Å²) in [6.07, 6.45) is 9.32. The van der Waals surface area contributed by atoms with Gasteiger partial charge < -0.3 is 10.2 Å². The van der Waals surface area contributed by atoms with Gasteiger partial charge in [-0.05, 0) is 32.9 Å². The molecule has 0 radical (unpaired) electrons. The lowest BCUT2D eigenvalue weighted by Gasteiger charge is -2.27. The van der Waals surface area contributed by atoms with Gasteiger partial charge in [-0.1, -0.05) is 25.7 Å². The van der Waals surface area contributed by atoms with Crippen LogP contribution in [0.2, 0.25) is 0 Å². The van der Waals surface area contributed by atoms with Crippen molar-refractivity contribution in [2.24, 2.45) is 0 Å². The summed E-state index contributed by atoms with van der Waals surface area (Å²) < 4.78 is 0. The molecule has 16 heavy (non-hydrogen) atoms. The Labute approximate surface area is 99.6 Å². The molecular formula is C13H26N2O. The van der Waals surface area contributed by atoms with Crippen molar-refractivity contribution >= 4 is 5.91 Å². The van der Waals surface area contributed by atoms with Gasteiger partial charge in [0.15, 0.2) is 0 Å². The van der Waals surface area contributed by atoms with Gasteiger partial charge in [-0.3, -0.25) is 4.79 Å². The predicted molar refractivity (Wildman–Crippen MR) is 67.4 cm³/mol. The summed E-state index contributed by atoms with van der Waals surface area (Å²) in [7, 11) is 3.91. The largest absolute Gasteiger partial charge is 0.343 e. The maximum Gasteiger partial charge on any atom is 0.222 e. The third-order valence-electron chi connectivity index (χ3n) is 3.58. The topological polar surface area (TPSA) is 32.3 Å². The van der Waals surface area contributed by atoms with Gasteiger partial charge in [-0.2, -0.15) is 0 Å². The highest BCUT2D eigenvalue weighted by Crippen LogP contribution is 2.21. The van der Waals surface area contributed by atoms with E-state index < -0.39 is 0 Å². The van der Waals surface area contributed by atoms with Crippen LogP contribution >= 0.6 is 0 Å². The Morgan fingerprint density at radius 3 is 2.44 bits per heavy atom. The molecule has 0 heterocycles. The van der Waals surface area contributed by atoms with E-state index in [1.807, 2.05) is 19.0 Å². The first-order valence-corrected chi connectivity index (χ1v) is 6.66. The number of hydrogen-bond acceptors (Lipinski definition) is 2. The average molecular weight is 226 g/mol. The second kappa shape index (κ2) is 7.66. The first-order chi connectivity index (χ1) is 7.75. The van der Waals surface area contributed by atoms with E-state index in [0.29, 0.717) is 18.4 Å². The number of carbonyl (C=O) groups is 1. The molecular weight excluding hydrogens is 200 g/mol. The first kappa shape index (κ1) is 13.5. The molecule has 0 aromatic rings. The summed E-state index contributed by atoms with van der Waals surface area (Å²) in [5.74, 6) is 0.321. The fourth-order valence-electron chi connectivity index (χ4n) is 2.44. The molecule has 3 heteroatoms. The summed E-state index contributed by atoms with van der Waals surface area (Å²) in [5, 5.41) is 3.08. The number of amides is 1. The molecule has 1 N–H and O–H groups in total. The van der Waals surface area contributed by atoms with Gasteiger partial charge in [0.05, 0.1) is 0 Å². The predicted octanol–water partition coefficient (Wildman–Crippen LogP) is 2.17. The van der Waals surface area contributed by atoms with Crippen LogP contribution in [0.4, 0.5) is 0 Å². The molecule has 0 aromatic heterocycles. The third-order valence-corrected chi connectivity index (χ3v) is 3.58. The van der Waals surface area contributed by atoms with Gasteiger partial charge in [0.25, 0.3) is 0 Å². The summed E-state index contributed by atoms with van der Waals surface area (Å²) in [6.45, 7) is 0.935. The molecule has 0 bridgehead atoms. The van der Waals surface area contributed by atoms with E-state index in [1.54, 1.807) is 0 Å². The fraction of sp³-hybridized carbons (Fsp3) is 0.923. The van der Waals surface area contributed by atoms with Crippen LogP contribution in [0.15, 0.2) is 0 Å². The Bertz CT molecular complexity index is 198. The zero-order valence-electron chi connectivity index (χ0n) is 10.8. The van der Waals surface area contributed by atoms with Gasteiger partial charge >= 0.3 is 0 Å². The lowest BCUT2D eigenvalue weighted by molar-refractivity contribution is -0.132. The van der Waals surface area contributed by atoms with Crippen LogP contribution in [0.1, 0.15) is 51.4 Å². The van der Waals surface area contributed by atoms with E-state index in [1.165, 1.54) is 38.5 Å². The number of nitrogens with one attached hydrogen (secondary N) is 1. The van der Waals surface area contributed by atoms with Crippen molar-refractivity contribution in [3.05, 3.63) is 0 Å². The van der Waals surface area contributed by atoms with Crippen molar-refractivity contribution in [2.45, 2.75) is 57.4 Å². The molecule has 0 spiro atoms. The highest BCUT2D eigenvalue weighted by molar-refractivity contribution is 5.76. The zero-order valence-corrected chi connectivity index (χ0v) is 10.8. The molecule has 94 valence electrons. The van der Waals surface area contributed by atoms with Crippen molar-refractivity contribution in [1.82, 2.24) is 10.2 Å². The number of hydrogen-bond donors (Lipinski definition) is 1. The van der Waals surface area contributed by atoms with Crippen LogP contribution in [0.25, 0.3) is 0 Å². The minimum atomic E-state index is 0.321. The van der Waals surface area contributed by atoms with Crippen LogP contribution in [0.3, 0.4) is 0 Å². The van der Waals surface area contributed by atoms with Crippen molar-refractivity contribution in [2.75, 3.05) is 20.6 Å². The minimum Gasteiger partial charge on any atom is -0.343 e. The Morgan fingerprint density at radius 2 is 1.88 bits per heavy atom.